The Bertz CT molecular complexity index is 595. The number of carbonyl (C=O) groups is 1. The number of hydrogen-bond acceptors (Lipinski definition) is 2. The Morgan fingerprint density at radius 2 is 2.08 bits per heavy atom. The minimum Gasteiger partial charge on any atom is -0.359 e. The molecule has 6 heteroatoms. The topological polar surface area (TPSA) is 56.7 Å². The van der Waals surface area contributed by atoms with E-state index in [0.717, 1.165) is 42.9 Å². The number of aryl methyl sites for hydroxylation is 1. The second-order valence-electron chi connectivity index (χ2n) is 6.28. The lowest BCUT2D eigenvalue weighted by molar-refractivity contribution is -0.121. The summed E-state index contributed by atoms with van der Waals surface area (Å²) in [5, 5.41) is 6.18. The van der Waals surface area contributed by atoms with E-state index < -0.39 is 0 Å². The number of guanidine groups is 1. The largest absolute Gasteiger partial charge is 0.359 e. The molecular weight excluding hydrogens is 368 g/mol. The average molecular weight is 395 g/mol. The fourth-order valence-corrected chi connectivity index (χ4v) is 3.55. The SMILES string of the molecule is CN=C(NCc1ccc(Br)cc1C)N1CCC(CC(=O)NC)CC1. The fourth-order valence-electron chi connectivity index (χ4n) is 3.08. The van der Waals surface area contributed by atoms with Crippen LogP contribution in [0.2, 0.25) is 0 Å². The predicted octanol–water partition coefficient (Wildman–Crippen LogP) is 2.68. The second kappa shape index (κ2) is 9.06. The Morgan fingerprint density at radius 1 is 1.38 bits per heavy atom. The molecule has 132 valence electrons. The first-order valence-electron chi connectivity index (χ1n) is 8.44. The van der Waals surface area contributed by atoms with Crippen LogP contribution in [-0.2, 0) is 11.3 Å². The zero-order chi connectivity index (χ0) is 17.5. The van der Waals surface area contributed by atoms with E-state index in [1.165, 1.54) is 11.1 Å². The van der Waals surface area contributed by atoms with Gasteiger partial charge in [0.2, 0.25) is 5.91 Å². The van der Waals surface area contributed by atoms with E-state index >= 15 is 0 Å². The zero-order valence-electron chi connectivity index (χ0n) is 14.7. The Balaban J connectivity index is 1.85. The molecule has 24 heavy (non-hydrogen) atoms. The van der Waals surface area contributed by atoms with Gasteiger partial charge in [-0.25, -0.2) is 0 Å². The van der Waals surface area contributed by atoms with Gasteiger partial charge in [0.05, 0.1) is 0 Å². The summed E-state index contributed by atoms with van der Waals surface area (Å²) in [5.41, 5.74) is 2.53. The summed E-state index contributed by atoms with van der Waals surface area (Å²) in [6.45, 7) is 4.78. The monoisotopic (exact) mass is 394 g/mol. The third-order valence-corrected chi connectivity index (χ3v) is 5.11. The first kappa shape index (κ1) is 18.8. The smallest absolute Gasteiger partial charge is 0.220 e. The third kappa shape index (κ3) is 5.23. The molecule has 2 rings (SSSR count). The molecule has 1 aromatic rings. The lowest BCUT2D eigenvalue weighted by atomic mass is 9.93. The summed E-state index contributed by atoms with van der Waals surface area (Å²) in [7, 11) is 3.53. The van der Waals surface area contributed by atoms with E-state index in [4.69, 9.17) is 0 Å². The summed E-state index contributed by atoms with van der Waals surface area (Å²) in [6, 6.07) is 6.33. The molecule has 2 N–H and O–H groups in total. The van der Waals surface area contributed by atoms with Crippen molar-refractivity contribution in [1.82, 2.24) is 15.5 Å². The molecule has 1 aromatic carbocycles. The van der Waals surface area contributed by atoms with Crippen LogP contribution in [0, 0.1) is 12.8 Å². The normalized spacial score (nSPS) is 16.2. The van der Waals surface area contributed by atoms with Gasteiger partial charge in [0.15, 0.2) is 5.96 Å². The van der Waals surface area contributed by atoms with Gasteiger partial charge >= 0.3 is 0 Å². The molecule has 0 aliphatic carbocycles. The van der Waals surface area contributed by atoms with Crippen molar-refractivity contribution in [2.75, 3.05) is 27.2 Å². The molecule has 1 heterocycles. The fraction of sp³-hybridized carbons (Fsp3) is 0.556. The Kier molecular flexibility index (Phi) is 7.09. The van der Waals surface area contributed by atoms with Crippen molar-refractivity contribution in [3.63, 3.8) is 0 Å². The maximum Gasteiger partial charge on any atom is 0.220 e. The van der Waals surface area contributed by atoms with E-state index in [1.54, 1.807) is 7.05 Å². The summed E-state index contributed by atoms with van der Waals surface area (Å²) in [6.07, 6.45) is 2.70. The van der Waals surface area contributed by atoms with Crippen LogP contribution in [0.5, 0.6) is 0 Å². The molecule has 0 atom stereocenters. The van der Waals surface area contributed by atoms with Crippen molar-refractivity contribution in [2.45, 2.75) is 32.7 Å². The summed E-state index contributed by atoms with van der Waals surface area (Å²) in [5.74, 6) is 1.56. The standard InChI is InChI=1S/C18H27BrN4O/c1-13-10-16(19)5-4-15(13)12-22-18(21-3)23-8-6-14(7-9-23)11-17(24)20-2/h4-5,10,14H,6-9,11-12H2,1-3H3,(H,20,24)(H,21,22). The predicted molar refractivity (Wildman–Crippen MR) is 102 cm³/mol. The Labute approximate surface area is 153 Å². The average Bonchev–Trinajstić information content (AvgIpc) is 2.58. The number of likely N-dealkylation sites (tertiary alicyclic amines) is 1. The molecule has 5 nitrogen and oxygen atoms in total. The van der Waals surface area contributed by atoms with Gasteiger partial charge < -0.3 is 15.5 Å². The zero-order valence-corrected chi connectivity index (χ0v) is 16.3. The van der Waals surface area contributed by atoms with Gasteiger partial charge in [-0.2, -0.15) is 0 Å². The second-order valence-corrected chi connectivity index (χ2v) is 7.19. The molecule has 1 amide bonds. The molecule has 0 saturated carbocycles. The highest BCUT2D eigenvalue weighted by atomic mass is 79.9. The number of piperidine rings is 1. The van der Waals surface area contributed by atoms with Gasteiger partial charge in [0.25, 0.3) is 0 Å². The molecule has 1 aliphatic heterocycles. The number of nitrogens with one attached hydrogen (secondary N) is 2. The minimum absolute atomic E-state index is 0.140. The molecule has 0 bridgehead atoms. The third-order valence-electron chi connectivity index (χ3n) is 4.62. The van der Waals surface area contributed by atoms with Crippen LogP contribution in [0.15, 0.2) is 27.7 Å². The number of aliphatic imine (C=N–C) groups is 1. The quantitative estimate of drug-likeness (QED) is 0.609. The van der Waals surface area contributed by atoms with Gasteiger partial charge in [-0.15, -0.1) is 0 Å². The van der Waals surface area contributed by atoms with Crippen LogP contribution in [-0.4, -0.2) is 44.0 Å². The Hall–Kier alpha value is -1.56. The number of halogens is 1. The maximum atomic E-state index is 11.5. The number of benzene rings is 1. The van der Waals surface area contributed by atoms with Crippen LogP contribution < -0.4 is 10.6 Å². The molecule has 0 aromatic heterocycles. The van der Waals surface area contributed by atoms with Crippen molar-refractivity contribution in [2.24, 2.45) is 10.9 Å². The summed E-state index contributed by atoms with van der Waals surface area (Å²) < 4.78 is 1.10. The van der Waals surface area contributed by atoms with Gasteiger partial charge in [-0.05, 0) is 48.9 Å². The van der Waals surface area contributed by atoms with Gasteiger partial charge in [0.1, 0.15) is 0 Å². The molecular formula is C18H27BrN4O. The van der Waals surface area contributed by atoms with Crippen molar-refractivity contribution in [3.8, 4) is 0 Å². The molecule has 1 aliphatic rings. The van der Waals surface area contributed by atoms with E-state index in [-0.39, 0.29) is 5.91 Å². The molecule has 0 radical (unpaired) electrons. The summed E-state index contributed by atoms with van der Waals surface area (Å²) >= 11 is 3.50. The molecule has 1 saturated heterocycles. The van der Waals surface area contributed by atoms with Crippen LogP contribution in [0.4, 0.5) is 0 Å². The van der Waals surface area contributed by atoms with E-state index in [0.29, 0.717) is 12.3 Å². The van der Waals surface area contributed by atoms with Crippen LogP contribution >= 0.6 is 15.9 Å². The molecule has 0 spiro atoms. The van der Waals surface area contributed by atoms with Gasteiger partial charge in [-0.3, -0.25) is 9.79 Å². The van der Waals surface area contributed by atoms with Crippen molar-refractivity contribution < 1.29 is 4.79 Å². The number of carbonyl (C=O) groups excluding carboxylic acids is 1. The maximum absolute atomic E-state index is 11.5. The number of rotatable bonds is 4. The van der Waals surface area contributed by atoms with Crippen LogP contribution in [0.25, 0.3) is 0 Å². The lowest BCUT2D eigenvalue weighted by Gasteiger charge is -2.34. The van der Waals surface area contributed by atoms with Crippen molar-refractivity contribution in [1.29, 1.82) is 0 Å². The molecule has 0 unspecified atom stereocenters. The highest BCUT2D eigenvalue weighted by Gasteiger charge is 2.23. The van der Waals surface area contributed by atoms with Crippen molar-refractivity contribution in [3.05, 3.63) is 33.8 Å². The van der Waals surface area contributed by atoms with E-state index in [9.17, 15) is 4.79 Å². The van der Waals surface area contributed by atoms with E-state index in [1.807, 2.05) is 7.05 Å². The van der Waals surface area contributed by atoms with Crippen LogP contribution in [0.3, 0.4) is 0 Å². The number of nitrogens with zero attached hydrogens (tertiary/aromatic N) is 2. The first-order valence-corrected chi connectivity index (χ1v) is 9.24. The van der Waals surface area contributed by atoms with E-state index in [2.05, 4.69) is 61.6 Å². The lowest BCUT2D eigenvalue weighted by Crippen LogP contribution is -2.45. The minimum atomic E-state index is 0.140. The van der Waals surface area contributed by atoms with Gasteiger partial charge in [-0.1, -0.05) is 22.0 Å². The van der Waals surface area contributed by atoms with Gasteiger partial charge in [0, 0.05) is 44.6 Å². The Morgan fingerprint density at radius 3 is 2.67 bits per heavy atom. The summed E-state index contributed by atoms with van der Waals surface area (Å²) in [4.78, 5) is 18.2. The molecule has 1 fully saturated rings. The number of hydrogen-bond donors (Lipinski definition) is 2. The highest BCUT2D eigenvalue weighted by Crippen LogP contribution is 2.21. The number of amides is 1. The van der Waals surface area contributed by atoms with Crippen molar-refractivity contribution >= 4 is 27.8 Å². The highest BCUT2D eigenvalue weighted by molar-refractivity contribution is 9.10. The first-order chi connectivity index (χ1) is 11.5. The van der Waals surface area contributed by atoms with Crippen LogP contribution in [0.1, 0.15) is 30.4 Å².